The van der Waals surface area contributed by atoms with Crippen LogP contribution in [0.5, 0.6) is 11.5 Å². The summed E-state index contributed by atoms with van der Waals surface area (Å²) < 4.78 is 13.7. The van der Waals surface area contributed by atoms with Gasteiger partial charge in [-0.3, -0.25) is 0 Å². The van der Waals surface area contributed by atoms with Crippen molar-refractivity contribution in [1.82, 2.24) is 0 Å². The minimum Gasteiger partial charge on any atom is -0.507 e. The van der Waals surface area contributed by atoms with Gasteiger partial charge in [0.15, 0.2) is 0 Å². The van der Waals surface area contributed by atoms with Gasteiger partial charge in [-0.05, 0) is 38.1 Å². The molecule has 2 aromatic carbocycles. The zero-order valence-electron chi connectivity index (χ0n) is 11.7. The van der Waals surface area contributed by atoms with Crippen molar-refractivity contribution in [1.29, 1.82) is 5.26 Å². The molecule has 0 radical (unpaired) electrons. The van der Waals surface area contributed by atoms with Crippen molar-refractivity contribution in [2.45, 2.75) is 19.9 Å². The second-order valence-electron chi connectivity index (χ2n) is 4.82. The smallest absolute Gasteiger partial charge is 0.129 e. The van der Waals surface area contributed by atoms with Crippen LogP contribution in [0.25, 0.3) is 0 Å². The Morgan fingerprint density at radius 1 is 1.24 bits per heavy atom. The maximum absolute atomic E-state index is 13.7. The molecular formula is C16H15FN2O2. The van der Waals surface area contributed by atoms with E-state index in [9.17, 15) is 14.6 Å². The molecule has 0 fully saturated rings. The van der Waals surface area contributed by atoms with E-state index in [-0.39, 0.29) is 17.1 Å². The number of phenols is 2. The molecule has 0 amide bonds. The first kappa shape index (κ1) is 14.7. The van der Waals surface area contributed by atoms with Gasteiger partial charge in [0.1, 0.15) is 17.3 Å². The van der Waals surface area contributed by atoms with Crippen LogP contribution in [0.2, 0.25) is 0 Å². The molecule has 0 spiro atoms. The summed E-state index contributed by atoms with van der Waals surface area (Å²) >= 11 is 0. The summed E-state index contributed by atoms with van der Waals surface area (Å²) in [4.78, 5) is 0. The first-order valence-corrected chi connectivity index (χ1v) is 6.41. The maximum Gasteiger partial charge on any atom is 0.129 e. The first-order chi connectivity index (χ1) is 9.93. The highest BCUT2D eigenvalue weighted by atomic mass is 19.1. The monoisotopic (exact) mass is 286 g/mol. The molecule has 0 aliphatic heterocycles. The largest absolute Gasteiger partial charge is 0.507 e. The van der Waals surface area contributed by atoms with Crippen LogP contribution in [0.15, 0.2) is 30.3 Å². The zero-order chi connectivity index (χ0) is 15.6. The van der Waals surface area contributed by atoms with Crippen molar-refractivity contribution in [2.24, 2.45) is 0 Å². The lowest BCUT2D eigenvalue weighted by atomic mass is 10.0. The van der Waals surface area contributed by atoms with E-state index in [1.807, 2.05) is 6.07 Å². The summed E-state index contributed by atoms with van der Waals surface area (Å²) in [7, 11) is 0. The Kier molecular flexibility index (Phi) is 3.99. The molecule has 108 valence electrons. The molecule has 4 nitrogen and oxygen atoms in total. The van der Waals surface area contributed by atoms with Gasteiger partial charge in [-0.25, -0.2) is 4.39 Å². The van der Waals surface area contributed by atoms with E-state index < -0.39 is 11.9 Å². The molecule has 1 unspecified atom stereocenters. The number of hydrogen-bond acceptors (Lipinski definition) is 4. The second-order valence-corrected chi connectivity index (χ2v) is 4.82. The topological polar surface area (TPSA) is 76.3 Å². The fraction of sp³-hybridized carbons (Fsp3) is 0.188. The maximum atomic E-state index is 13.7. The summed E-state index contributed by atoms with van der Waals surface area (Å²) in [6.07, 6.45) is 0. The van der Waals surface area contributed by atoms with Crippen molar-refractivity contribution < 1.29 is 14.6 Å². The van der Waals surface area contributed by atoms with Crippen LogP contribution in [0.4, 0.5) is 10.1 Å². The number of nitrogens with zero attached hydrogens (tertiary/aromatic N) is 1. The molecule has 0 aliphatic carbocycles. The number of phenolic OH excluding ortho intramolecular Hbond substituents is 2. The molecule has 0 saturated carbocycles. The fourth-order valence-electron chi connectivity index (χ4n) is 2.18. The fourth-order valence-corrected chi connectivity index (χ4v) is 2.18. The molecule has 3 N–H and O–H groups in total. The van der Waals surface area contributed by atoms with Crippen LogP contribution in [0.1, 0.15) is 29.7 Å². The van der Waals surface area contributed by atoms with Crippen LogP contribution in [0, 0.1) is 24.1 Å². The summed E-state index contributed by atoms with van der Waals surface area (Å²) in [5.41, 5.74) is 1.34. The third-order valence-electron chi connectivity index (χ3n) is 3.34. The van der Waals surface area contributed by atoms with Crippen molar-refractivity contribution in [3.8, 4) is 17.6 Å². The van der Waals surface area contributed by atoms with E-state index in [0.717, 1.165) is 0 Å². The Morgan fingerprint density at radius 3 is 2.43 bits per heavy atom. The quantitative estimate of drug-likeness (QED) is 0.806. The van der Waals surface area contributed by atoms with Gasteiger partial charge in [0.05, 0.1) is 23.2 Å². The molecule has 21 heavy (non-hydrogen) atoms. The Morgan fingerprint density at radius 2 is 1.86 bits per heavy atom. The average molecular weight is 286 g/mol. The van der Waals surface area contributed by atoms with Gasteiger partial charge in [0.25, 0.3) is 0 Å². The van der Waals surface area contributed by atoms with Crippen molar-refractivity contribution >= 4 is 5.69 Å². The van der Waals surface area contributed by atoms with Gasteiger partial charge in [0, 0.05) is 11.3 Å². The molecule has 0 heterocycles. The Balaban J connectivity index is 2.39. The van der Waals surface area contributed by atoms with E-state index in [0.29, 0.717) is 16.8 Å². The summed E-state index contributed by atoms with van der Waals surface area (Å²) in [6, 6.07) is 8.59. The number of anilines is 1. The van der Waals surface area contributed by atoms with Crippen LogP contribution in [-0.4, -0.2) is 10.2 Å². The van der Waals surface area contributed by atoms with E-state index in [4.69, 9.17) is 5.26 Å². The van der Waals surface area contributed by atoms with Gasteiger partial charge < -0.3 is 15.5 Å². The minimum absolute atomic E-state index is 0.0513. The second kappa shape index (κ2) is 5.71. The van der Waals surface area contributed by atoms with Gasteiger partial charge in [-0.2, -0.15) is 5.26 Å². The lowest BCUT2D eigenvalue weighted by Crippen LogP contribution is -2.09. The lowest BCUT2D eigenvalue weighted by molar-refractivity contribution is 0.434. The molecule has 0 bridgehead atoms. The standard InChI is InChI=1S/C16H15FN2O2/c1-9-12(17)6-11(8-18)7-13(9)19-10(2)16-14(20)4-3-5-15(16)21/h3-7,10,19-21H,1-2H3. The van der Waals surface area contributed by atoms with Crippen LogP contribution >= 0.6 is 0 Å². The van der Waals surface area contributed by atoms with E-state index >= 15 is 0 Å². The highest BCUT2D eigenvalue weighted by Crippen LogP contribution is 2.35. The van der Waals surface area contributed by atoms with Gasteiger partial charge in [-0.1, -0.05) is 6.07 Å². The van der Waals surface area contributed by atoms with Crippen molar-refractivity contribution in [3.05, 3.63) is 52.8 Å². The molecule has 2 rings (SSSR count). The van der Waals surface area contributed by atoms with Gasteiger partial charge >= 0.3 is 0 Å². The molecule has 0 saturated heterocycles. The zero-order valence-corrected chi connectivity index (χ0v) is 11.7. The third kappa shape index (κ3) is 2.90. The number of hydrogen-bond donors (Lipinski definition) is 3. The van der Waals surface area contributed by atoms with Crippen LogP contribution in [-0.2, 0) is 0 Å². The van der Waals surface area contributed by atoms with Crippen molar-refractivity contribution in [3.63, 3.8) is 0 Å². The summed E-state index contributed by atoms with van der Waals surface area (Å²) in [5.74, 6) is -0.584. The molecule has 0 aromatic heterocycles. The average Bonchev–Trinajstić information content (AvgIpc) is 2.43. The third-order valence-corrected chi connectivity index (χ3v) is 3.34. The van der Waals surface area contributed by atoms with E-state index in [1.54, 1.807) is 13.8 Å². The molecular weight excluding hydrogens is 271 g/mol. The number of benzene rings is 2. The predicted octanol–water partition coefficient (Wildman–Crippen LogP) is 3.59. The SMILES string of the molecule is Cc1c(F)cc(C#N)cc1NC(C)c1c(O)cccc1O. The summed E-state index contributed by atoms with van der Waals surface area (Å²) in [6.45, 7) is 3.32. The Bertz CT molecular complexity index is 703. The number of nitrogens with one attached hydrogen (secondary N) is 1. The minimum atomic E-state index is -0.481. The number of aromatic hydroxyl groups is 2. The van der Waals surface area contributed by atoms with E-state index in [2.05, 4.69) is 5.32 Å². The van der Waals surface area contributed by atoms with Gasteiger partial charge in [-0.15, -0.1) is 0 Å². The normalized spacial score (nSPS) is 11.7. The predicted molar refractivity (Wildman–Crippen MR) is 77.7 cm³/mol. The molecule has 2 aromatic rings. The molecule has 0 aliphatic rings. The van der Waals surface area contributed by atoms with Gasteiger partial charge in [0.2, 0.25) is 0 Å². The number of nitriles is 1. The summed E-state index contributed by atoms with van der Waals surface area (Å²) in [5, 5.41) is 31.6. The lowest BCUT2D eigenvalue weighted by Gasteiger charge is -2.19. The highest BCUT2D eigenvalue weighted by molar-refractivity contribution is 5.58. The van der Waals surface area contributed by atoms with Crippen LogP contribution in [0.3, 0.4) is 0 Å². The first-order valence-electron chi connectivity index (χ1n) is 6.41. The number of rotatable bonds is 3. The molecule has 5 heteroatoms. The van der Waals surface area contributed by atoms with Crippen molar-refractivity contribution in [2.75, 3.05) is 5.32 Å². The Labute approximate surface area is 122 Å². The Hall–Kier alpha value is -2.74. The molecule has 1 atom stereocenters. The van der Waals surface area contributed by atoms with Crippen LogP contribution < -0.4 is 5.32 Å². The number of halogens is 1. The van der Waals surface area contributed by atoms with E-state index in [1.165, 1.54) is 30.3 Å². The highest BCUT2D eigenvalue weighted by Gasteiger charge is 2.17.